The molecule has 1 N–H and O–H groups in total. The van der Waals surface area contributed by atoms with Gasteiger partial charge in [0, 0.05) is 23.7 Å². The van der Waals surface area contributed by atoms with Crippen LogP contribution in [0.15, 0.2) is 28.7 Å². The molecule has 0 fully saturated rings. The molecule has 0 aliphatic rings. The summed E-state index contributed by atoms with van der Waals surface area (Å²) in [5.74, 6) is 0. The highest BCUT2D eigenvalue weighted by molar-refractivity contribution is 9.10. The van der Waals surface area contributed by atoms with Crippen LogP contribution in [0.5, 0.6) is 0 Å². The molecule has 1 aromatic rings. The normalized spacial score (nSPS) is 12.7. The van der Waals surface area contributed by atoms with Gasteiger partial charge in [0.1, 0.15) is 0 Å². The SMILES string of the molecule is CCOCCNC(C)c1ccc(Br)cc1. The molecule has 15 heavy (non-hydrogen) atoms. The lowest BCUT2D eigenvalue weighted by Gasteiger charge is -2.14. The second-order valence-corrected chi connectivity index (χ2v) is 4.34. The Morgan fingerprint density at radius 1 is 1.33 bits per heavy atom. The van der Waals surface area contributed by atoms with Gasteiger partial charge in [0.2, 0.25) is 0 Å². The zero-order chi connectivity index (χ0) is 11.1. The molecule has 0 saturated carbocycles. The molecule has 3 heteroatoms. The van der Waals surface area contributed by atoms with Crippen LogP contribution in [0.25, 0.3) is 0 Å². The molecular formula is C12H18BrNO. The Morgan fingerprint density at radius 3 is 2.60 bits per heavy atom. The van der Waals surface area contributed by atoms with E-state index in [1.165, 1.54) is 5.56 Å². The topological polar surface area (TPSA) is 21.3 Å². The molecular weight excluding hydrogens is 254 g/mol. The van der Waals surface area contributed by atoms with Crippen molar-refractivity contribution in [3.8, 4) is 0 Å². The first-order valence-corrected chi connectivity index (χ1v) is 6.10. The van der Waals surface area contributed by atoms with Gasteiger partial charge in [-0.3, -0.25) is 0 Å². The van der Waals surface area contributed by atoms with E-state index in [1.807, 2.05) is 6.92 Å². The van der Waals surface area contributed by atoms with E-state index < -0.39 is 0 Å². The smallest absolute Gasteiger partial charge is 0.0590 e. The van der Waals surface area contributed by atoms with Crippen LogP contribution >= 0.6 is 15.9 Å². The lowest BCUT2D eigenvalue weighted by atomic mass is 10.1. The molecule has 1 rings (SSSR count). The van der Waals surface area contributed by atoms with Crippen molar-refractivity contribution in [1.29, 1.82) is 0 Å². The predicted molar refractivity (Wildman–Crippen MR) is 67.1 cm³/mol. The molecule has 0 heterocycles. The molecule has 1 unspecified atom stereocenters. The first-order valence-electron chi connectivity index (χ1n) is 5.30. The fourth-order valence-electron chi connectivity index (χ4n) is 1.36. The van der Waals surface area contributed by atoms with Gasteiger partial charge >= 0.3 is 0 Å². The molecule has 1 atom stereocenters. The minimum Gasteiger partial charge on any atom is -0.380 e. The maximum absolute atomic E-state index is 5.27. The summed E-state index contributed by atoms with van der Waals surface area (Å²) >= 11 is 3.43. The molecule has 0 aromatic heterocycles. The lowest BCUT2D eigenvalue weighted by Crippen LogP contribution is -2.23. The van der Waals surface area contributed by atoms with Gasteiger partial charge in [-0.1, -0.05) is 28.1 Å². The van der Waals surface area contributed by atoms with Gasteiger partial charge in [0.15, 0.2) is 0 Å². The minimum absolute atomic E-state index is 0.374. The van der Waals surface area contributed by atoms with Crippen LogP contribution in [0.1, 0.15) is 25.5 Å². The highest BCUT2D eigenvalue weighted by Crippen LogP contribution is 2.16. The predicted octanol–water partition coefficient (Wildman–Crippen LogP) is 3.14. The first kappa shape index (κ1) is 12.7. The summed E-state index contributed by atoms with van der Waals surface area (Å²) in [7, 11) is 0. The quantitative estimate of drug-likeness (QED) is 0.803. The summed E-state index contributed by atoms with van der Waals surface area (Å²) in [5, 5.41) is 3.41. The Labute approximate surface area is 100 Å². The molecule has 0 spiro atoms. The zero-order valence-corrected chi connectivity index (χ0v) is 10.9. The summed E-state index contributed by atoms with van der Waals surface area (Å²) in [5.41, 5.74) is 1.30. The third kappa shape index (κ3) is 4.78. The van der Waals surface area contributed by atoms with Crippen molar-refractivity contribution >= 4 is 15.9 Å². The van der Waals surface area contributed by atoms with E-state index in [1.54, 1.807) is 0 Å². The minimum atomic E-state index is 0.374. The Balaban J connectivity index is 2.33. The van der Waals surface area contributed by atoms with Crippen molar-refractivity contribution in [2.45, 2.75) is 19.9 Å². The number of hydrogen-bond donors (Lipinski definition) is 1. The maximum atomic E-state index is 5.27. The summed E-state index contributed by atoms with van der Waals surface area (Å²) in [6.45, 7) is 6.63. The molecule has 0 amide bonds. The molecule has 0 saturated heterocycles. The standard InChI is InChI=1S/C12H18BrNO/c1-3-15-9-8-14-10(2)11-4-6-12(13)7-5-11/h4-7,10,14H,3,8-9H2,1-2H3. The summed E-state index contributed by atoms with van der Waals surface area (Å²) < 4.78 is 6.39. The Bertz CT molecular complexity index is 273. The van der Waals surface area contributed by atoms with E-state index in [2.05, 4.69) is 52.4 Å². The van der Waals surface area contributed by atoms with Crippen molar-refractivity contribution in [2.24, 2.45) is 0 Å². The molecule has 84 valence electrons. The number of hydrogen-bond acceptors (Lipinski definition) is 2. The van der Waals surface area contributed by atoms with Crippen LogP contribution in [0.2, 0.25) is 0 Å². The van der Waals surface area contributed by atoms with Crippen molar-refractivity contribution in [3.05, 3.63) is 34.3 Å². The molecule has 0 aliphatic heterocycles. The molecule has 0 aliphatic carbocycles. The third-order valence-electron chi connectivity index (χ3n) is 2.27. The fourth-order valence-corrected chi connectivity index (χ4v) is 1.63. The van der Waals surface area contributed by atoms with Crippen LogP contribution in [-0.4, -0.2) is 19.8 Å². The maximum Gasteiger partial charge on any atom is 0.0590 e. The molecule has 1 aromatic carbocycles. The number of halogens is 1. The fraction of sp³-hybridized carbons (Fsp3) is 0.500. The first-order chi connectivity index (χ1) is 7.24. The second kappa shape index (κ2) is 6.99. The largest absolute Gasteiger partial charge is 0.380 e. The van der Waals surface area contributed by atoms with Gasteiger partial charge in [0.05, 0.1) is 6.61 Å². The molecule has 0 radical (unpaired) electrons. The van der Waals surface area contributed by atoms with E-state index in [-0.39, 0.29) is 0 Å². The average Bonchev–Trinajstić information content (AvgIpc) is 2.25. The zero-order valence-electron chi connectivity index (χ0n) is 9.29. The van der Waals surface area contributed by atoms with Gasteiger partial charge in [-0.05, 0) is 31.5 Å². The van der Waals surface area contributed by atoms with Crippen LogP contribution in [0.3, 0.4) is 0 Å². The lowest BCUT2D eigenvalue weighted by molar-refractivity contribution is 0.147. The van der Waals surface area contributed by atoms with E-state index in [0.29, 0.717) is 6.04 Å². The van der Waals surface area contributed by atoms with Gasteiger partial charge < -0.3 is 10.1 Å². The summed E-state index contributed by atoms with van der Waals surface area (Å²) in [4.78, 5) is 0. The van der Waals surface area contributed by atoms with Crippen molar-refractivity contribution in [2.75, 3.05) is 19.8 Å². The number of ether oxygens (including phenoxy) is 1. The number of rotatable bonds is 6. The Hall–Kier alpha value is -0.380. The highest BCUT2D eigenvalue weighted by Gasteiger charge is 2.03. The summed E-state index contributed by atoms with van der Waals surface area (Å²) in [6.07, 6.45) is 0. The van der Waals surface area contributed by atoms with Crippen molar-refractivity contribution < 1.29 is 4.74 Å². The molecule has 0 bridgehead atoms. The van der Waals surface area contributed by atoms with Gasteiger partial charge in [-0.25, -0.2) is 0 Å². The van der Waals surface area contributed by atoms with Crippen LogP contribution in [0.4, 0.5) is 0 Å². The third-order valence-corrected chi connectivity index (χ3v) is 2.80. The number of benzene rings is 1. The van der Waals surface area contributed by atoms with Crippen LogP contribution < -0.4 is 5.32 Å². The second-order valence-electron chi connectivity index (χ2n) is 3.42. The Morgan fingerprint density at radius 2 is 2.00 bits per heavy atom. The van der Waals surface area contributed by atoms with Crippen LogP contribution in [-0.2, 0) is 4.74 Å². The van der Waals surface area contributed by atoms with E-state index in [9.17, 15) is 0 Å². The summed E-state index contributed by atoms with van der Waals surface area (Å²) in [6, 6.07) is 8.76. The van der Waals surface area contributed by atoms with E-state index in [0.717, 1.165) is 24.2 Å². The van der Waals surface area contributed by atoms with Gasteiger partial charge in [0.25, 0.3) is 0 Å². The highest BCUT2D eigenvalue weighted by atomic mass is 79.9. The van der Waals surface area contributed by atoms with Crippen molar-refractivity contribution in [3.63, 3.8) is 0 Å². The van der Waals surface area contributed by atoms with Crippen molar-refractivity contribution in [1.82, 2.24) is 5.32 Å². The Kier molecular flexibility index (Phi) is 5.91. The van der Waals surface area contributed by atoms with Crippen LogP contribution in [0, 0.1) is 0 Å². The number of nitrogens with one attached hydrogen (secondary N) is 1. The molecule has 2 nitrogen and oxygen atoms in total. The van der Waals surface area contributed by atoms with E-state index in [4.69, 9.17) is 4.74 Å². The average molecular weight is 272 g/mol. The monoisotopic (exact) mass is 271 g/mol. The van der Waals surface area contributed by atoms with Gasteiger partial charge in [-0.15, -0.1) is 0 Å². The van der Waals surface area contributed by atoms with Gasteiger partial charge in [-0.2, -0.15) is 0 Å². The van der Waals surface area contributed by atoms with E-state index >= 15 is 0 Å².